The Balaban J connectivity index is 0. The van der Waals surface area contributed by atoms with Crippen LogP contribution in [-0.2, 0) is 43.4 Å². The summed E-state index contributed by atoms with van der Waals surface area (Å²) in [5.41, 5.74) is 9.29. The van der Waals surface area contributed by atoms with Gasteiger partial charge in [0.05, 0.1) is 0 Å². The number of thioether (sulfide) groups is 2. The Morgan fingerprint density at radius 2 is 0.917 bits per heavy atom. The fourth-order valence-corrected chi connectivity index (χ4v) is 11.1. The van der Waals surface area contributed by atoms with Crippen molar-refractivity contribution in [2.45, 2.75) is 132 Å². The Bertz CT molecular complexity index is 1220. The predicted molar refractivity (Wildman–Crippen MR) is 202 cm³/mol. The second-order valence-electron chi connectivity index (χ2n) is 16.1. The smallest absolute Gasteiger partial charge is 1.00 e. The Hall–Kier alpha value is 0.629. The van der Waals surface area contributed by atoms with E-state index in [-0.39, 0.29) is 99.4 Å². The van der Waals surface area contributed by atoms with Crippen LogP contribution in [0.25, 0.3) is 0 Å². The first-order chi connectivity index (χ1) is 20.3. The summed E-state index contributed by atoms with van der Waals surface area (Å²) in [5, 5.41) is 0. The van der Waals surface area contributed by atoms with Gasteiger partial charge in [-0.2, -0.15) is 12.2 Å². The number of rotatable bonds is 8. The van der Waals surface area contributed by atoms with Crippen LogP contribution in [0.2, 0.25) is 0 Å². The second-order valence-corrected chi connectivity index (χ2v) is 19.2. The summed E-state index contributed by atoms with van der Waals surface area (Å²) >= 11 is 4.25. The van der Waals surface area contributed by atoms with Crippen LogP contribution in [-0.4, -0.2) is 21.0 Å². The van der Waals surface area contributed by atoms with Crippen molar-refractivity contribution in [1.29, 1.82) is 0 Å². The Morgan fingerprint density at radius 1 is 0.604 bits per heavy atom. The Morgan fingerprint density at radius 3 is 1.15 bits per heavy atom. The van der Waals surface area contributed by atoms with Gasteiger partial charge in [-0.3, -0.25) is 12.2 Å². The molecule has 48 heavy (non-hydrogen) atoms. The largest absolute Gasteiger partial charge is 2.00 e. The number of halogens is 2. The van der Waals surface area contributed by atoms with Crippen molar-refractivity contribution in [1.82, 2.24) is 0 Å². The van der Waals surface area contributed by atoms with Gasteiger partial charge in [-0.1, -0.05) is 119 Å². The van der Waals surface area contributed by atoms with Gasteiger partial charge in [0.25, 0.3) is 0 Å². The van der Waals surface area contributed by atoms with E-state index in [0.717, 1.165) is 37.2 Å². The molecule has 0 aromatic carbocycles. The average Bonchev–Trinajstić information content (AvgIpc) is 3.66. The third-order valence-electron chi connectivity index (χ3n) is 10.2. The fourth-order valence-electron chi connectivity index (χ4n) is 7.69. The van der Waals surface area contributed by atoms with Crippen molar-refractivity contribution >= 4 is 23.5 Å². The fraction of sp³-hybridized carbons (Fsp3) is 0.619. The first-order valence-corrected chi connectivity index (χ1v) is 18.9. The molecule has 2 unspecified atom stereocenters. The third-order valence-corrected chi connectivity index (χ3v) is 13.5. The molecule has 0 aliphatic heterocycles. The molecule has 2 atom stereocenters. The van der Waals surface area contributed by atoms with Gasteiger partial charge < -0.3 is 24.8 Å². The van der Waals surface area contributed by atoms with Gasteiger partial charge in [0, 0.05) is 9.49 Å². The van der Waals surface area contributed by atoms with Crippen molar-refractivity contribution in [2.75, 3.05) is 11.5 Å². The van der Waals surface area contributed by atoms with Gasteiger partial charge in [0.1, 0.15) is 0 Å². The molecule has 0 amide bonds. The molecule has 0 N–H and O–H groups in total. The standard InChI is InChI=1S/2C21H31S.2ClH.2Ti/c2*1-8-22-21(20(6,7)17-11-9-10-12-17)14-13-16(2)15-18(21)19(3,4)5;;;;/h2*9,11,13,15H,8,10,14H2,1-7H3;2*1H;;/q2*-1;;;2*+2/p-2. The summed E-state index contributed by atoms with van der Waals surface area (Å²) in [4.78, 5) is 0. The van der Waals surface area contributed by atoms with E-state index in [1.165, 1.54) is 22.3 Å². The normalized spacial score (nSPS) is 23.7. The molecule has 0 heterocycles. The van der Waals surface area contributed by atoms with Gasteiger partial charge in [0.2, 0.25) is 0 Å². The topological polar surface area (TPSA) is 0 Å². The van der Waals surface area contributed by atoms with Gasteiger partial charge in [0.15, 0.2) is 0 Å². The summed E-state index contributed by atoms with van der Waals surface area (Å²) < 4.78 is 0.243. The van der Waals surface area contributed by atoms with E-state index >= 15 is 0 Å². The molecule has 0 aromatic heterocycles. The van der Waals surface area contributed by atoms with E-state index < -0.39 is 0 Å². The summed E-state index contributed by atoms with van der Waals surface area (Å²) in [7, 11) is 0. The zero-order chi connectivity index (χ0) is 33.2. The predicted octanol–water partition coefficient (Wildman–Crippen LogP) is 7.04. The third kappa shape index (κ3) is 10.4. The number of hydrogen-bond acceptors (Lipinski definition) is 2. The molecule has 4 aliphatic rings. The molecule has 0 saturated carbocycles. The molecule has 0 aromatic rings. The minimum absolute atomic E-state index is 0. The van der Waals surface area contributed by atoms with E-state index in [4.69, 9.17) is 0 Å². The summed E-state index contributed by atoms with van der Waals surface area (Å²) in [6.45, 7) is 32.9. The maximum Gasteiger partial charge on any atom is 2.00 e. The average molecular weight is 798 g/mol. The molecule has 6 heteroatoms. The van der Waals surface area contributed by atoms with Crippen LogP contribution in [0, 0.1) is 33.8 Å². The first kappa shape index (κ1) is 50.7. The number of allylic oxidation sites excluding steroid dienone is 14. The second kappa shape index (κ2) is 19.6. The van der Waals surface area contributed by atoms with Crippen LogP contribution in [0.4, 0.5) is 0 Å². The maximum absolute atomic E-state index is 3.60. The summed E-state index contributed by atoms with van der Waals surface area (Å²) in [6.07, 6.45) is 30.2. The molecule has 0 saturated heterocycles. The van der Waals surface area contributed by atoms with E-state index in [1.54, 1.807) is 11.1 Å². The zero-order valence-electron chi connectivity index (χ0n) is 32.4. The van der Waals surface area contributed by atoms with Crippen molar-refractivity contribution < 1.29 is 68.2 Å². The zero-order valence-corrected chi connectivity index (χ0v) is 38.7. The van der Waals surface area contributed by atoms with Crippen molar-refractivity contribution in [2.24, 2.45) is 21.7 Å². The minimum Gasteiger partial charge on any atom is -1.00 e. The molecule has 0 bridgehead atoms. The minimum atomic E-state index is 0. The molecule has 4 rings (SSSR count). The Labute approximate surface area is 348 Å². The van der Waals surface area contributed by atoms with Crippen LogP contribution in [0.1, 0.15) is 123 Å². The number of hydrogen-bond donors (Lipinski definition) is 0. The van der Waals surface area contributed by atoms with Gasteiger partial charge in [-0.15, -0.1) is 36.4 Å². The van der Waals surface area contributed by atoms with E-state index in [9.17, 15) is 0 Å². The van der Waals surface area contributed by atoms with Gasteiger partial charge >= 0.3 is 43.4 Å². The molecule has 4 aliphatic carbocycles. The van der Waals surface area contributed by atoms with Gasteiger partial charge in [-0.25, -0.2) is 23.3 Å². The van der Waals surface area contributed by atoms with E-state index in [0.29, 0.717) is 0 Å². The summed E-state index contributed by atoms with van der Waals surface area (Å²) in [6, 6.07) is 0. The molecule has 0 fully saturated rings. The van der Waals surface area contributed by atoms with Crippen LogP contribution in [0.15, 0.2) is 82.0 Å². The molecule has 264 valence electrons. The van der Waals surface area contributed by atoms with Gasteiger partial charge in [-0.05, 0) is 71.0 Å². The van der Waals surface area contributed by atoms with Crippen molar-refractivity contribution in [3.8, 4) is 0 Å². The maximum atomic E-state index is 3.60. The Kier molecular flexibility index (Phi) is 20.8. The van der Waals surface area contributed by atoms with E-state index in [1.807, 2.05) is 0 Å². The van der Waals surface area contributed by atoms with Crippen LogP contribution in [0.3, 0.4) is 0 Å². The monoisotopic (exact) mass is 796 g/mol. The molecule has 0 nitrogen and oxygen atoms in total. The SMILES string of the molecule is CCSC1(C(C)(C)C2=[C-]CC=C2)CC=C(C)C=C1C(C)(C)C.CCSC1(C(C)(C)C2=[C-]CC=C2)CC=C(C)C=C1C(C)(C)C.[Cl-].[Cl-].[Ti+2].[Ti+2]. The molecular formula is C42H62Cl2S2Ti2. The molecule has 0 spiro atoms. The molecule has 0 radical (unpaired) electrons. The van der Waals surface area contributed by atoms with Crippen LogP contribution >= 0.6 is 23.5 Å². The van der Waals surface area contributed by atoms with Crippen LogP contribution in [0.5, 0.6) is 0 Å². The van der Waals surface area contributed by atoms with Crippen molar-refractivity contribution in [3.05, 3.63) is 94.2 Å². The summed E-state index contributed by atoms with van der Waals surface area (Å²) in [5.74, 6) is 2.28. The van der Waals surface area contributed by atoms with Crippen molar-refractivity contribution in [3.63, 3.8) is 0 Å². The molecular weight excluding hydrogens is 735 g/mol. The first-order valence-electron chi connectivity index (χ1n) is 16.9. The van der Waals surface area contributed by atoms with Crippen LogP contribution < -0.4 is 24.8 Å². The quantitative estimate of drug-likeness (QED) is 0.191. The van der Waals surface area contributed by atoms with E-state index in [2.05, 4.69) is 181 Å².